The van der Waals surface area contributed by atoms with Crippen LogP contribution in [0.15, 0.2) is 18.2 Å². The molecule has 0 spiro atoms. The van der Waals surface area contributed by atoms with Gasteiger partial charge in [0.15, 0.2) is 0 Å². The minimum absolute atomic E-state index is 0.448. The second-order valence-electron chi connectivity index (χ2n) is 5.44. The molecule has 1 saturated carbocycles. The van der Waals surface area contributed by atoms with Crippen molar-refractivity contribution in [1.82, 2.24) is 0 Å². The second kappa shape index (κ2) is 5.99. The lowest BCUT2D eigenvalue weighted by atomic mass is 9.79. The Morgan fingerprint density at radius 2 is 2.21 bits per heavy atom. The van der Waals surface area contributed by atoms with E-state index in [0.717, 1.165) is 24.8 Å². The Kier molecular flexibility index (Phi) is 4.55. The summed E-state index contributed by atoms with van der Waals surface area (Å²) in [5.41, 5.74) is 0.391. The van der Waals surface area contributed by atoms with Crippen molar-refractivity contribution >= 4 is 21.6 Å². The van der Waals surface area contributed by atoms with Crippen molar-refractivity contribution in [2.75, 3.05) is 0 Å². The first-order chi connectivity index (χ1) is 8.97. The van der Waals surface area contributed by atoms with Gasteiger partial charge in [-0.25, -0.2) is 0 Å². The predicted molar refractivity (Wildman–Crippen MR) is 76.0 cm³/mol. The first-order valence-corrected chi connectivity index (χ1v) is 7.46. The fourth-order valence-corrected chi connectivity index (χ4v) is 3.47. The summed E-state index contributed by atoms with van der Waals surface area (Å²) in [6.45, 7) is 2.24. The fraction of sp³-hybridized carbons (Fsp3) is 0.571. The van der Waals surface area contributed by atoms with E-state index in [2.05, 4.69) is 22.9 Å². The molecule has 19 heavy (non-hydrogen) atoms. The number of nitrogens with zero attached hydrogens (tertiary/aromatic N) is 1. The van der Waals surface area contributed by atoms with Gasteiger partial charge in [0.2, 0.25) is 5.82 Å². The normalized spacial score (nSPS) is 27.2. The monoisotopic (exact) mass is 329 g/mol. The van der Waals surface area contributed by atoms with Gasteiger partial charge in [0, 0.05) is 10.9 Å². The van der Waals surface area contributed by atoms with Gasteiger partial charge in [-0.2, -0.15) is 4.39 Å². The minimum atomic E-state index is -0.738. The van der Waals surface area contributed by atoms with Crippen molar-refractivity contribution in [2.24, 2.45) is 11.8 Å². The largest absolute Gasteiger partial charge is 0.304 e. The molecule has 1 aliphatic carbocycles. The van der Waals surface area contributed by atoms with Gasteiger partial charge in [-0.3, -0.25) is 10.1 Å². The van der Waals surface area contributed by atoms with E-state index in [0.29, 0.717) is 16.7 Å². The van der Waals surface area contributed by atoms with Crippen LogP contribution in [0.2, 0.25) is 0 Å². The Morgan fingerprint density at radius 1 is 1.47 bits per heavy atom. The molecule has 2 rings (SSSR count). The molecule has 1 aromatic rings. The third-order valence-electron chi connectivity index (χ3n) is 3.86. The fourth-order valence-electron chi connectivity index (χ4n) is 2.80. The highest BCUT2D eigenvalue weighted by molar-refractivity contribution is 9.09. The standard InChI is InChI=1S/C14H17BrFNO2/c1-9-2-4-12(15)11(6-9)7-10-3-5-14(17(18)19)13(16)8-10/h3,5,8-9,11-12H,2,4,6-7H2,1H3. The summed E-state index contributed by atoms with van der Waals surface area (Å²) in [6, 6.07) is 4.23. The van der Waals surface area contributed by atoms with Crippen LogP contribution in [0.3, 0.4) is 0 Å². The molecule has 3 unspecified atom stereocenters. The maximum absolute atomic E-state index is 13.6. The summed E-state index contributed by atoms with van der Waals surface area (Å²) < 4.78 is 13.6. The lowest BCUT2D eigenvalue weighted by Crippen LogP contribution is -2.25. The number of rotatable bonds is 3. The molecule has 0 saturated heterocycles. The quantitative estimate of drug-likeness (QED) is 0.466. The zero-order valence-electron chi connectivity index (χ0n) is 10.8. The third-order valence-corrected chi connectivity index (χ3v) is 5.06. The van der Waals surface area contributed by atoms with Crippen molar-refractivity contribution in [3.8, 4) is 0 Å². The number of benzene rings is 1. The molecule has 1 aliphatic rings. The van der Waals surface area contributed by atoms with Crippen molar-refractivity contribution in [3.05, 3.63) is 39.7 Å². The van der Waals surface area contributed by atoms with Crippen molar-refractivity contribution in [1.29, 1.82) is 0 Å². The highest BCUT2D eigenvalue weighted by Gasteiger charge is 2.27. The maximum atomic E-state index is 13.6. The zero-order valence-corrected chi connectivity index (χ0v) is 12.4. The van der Waals surface area contributed by atoms with Crippen molar-refractivity contribution in [3.63, 3.8) is 0 Å². The van der Waals surface area contributed by atoms with Gasteiger partial charge >= 0.3 is 5.69 Å². The summed E-state index contributed by atoms with van der Waals surface area (Å²) in [6.07, 6.45) is 4.26. The van der Waals surface area contributed by atoms with Crippen LogP contribution in [0.5, 0.6) is 0 Å². The molecule has 3 nitrogen and oxygen atoms in total. The number of halogens is 2. The van der Waals surface area contributed by atoms with E-state index in [9.17, 15) is 14.5 Å². The molecule has 0 aromatic heterocycles. The summed E-state index contributed by atoms with van der Waals surface area (Å²) in [5.74, 6) is 0.434. The van der Waals surface area contributed by atoms with E-state index in [1.807, 2.05) is 0 Å². The van der Waals surface area contributed by atoms with Crippen LogP contribution in [0.4, 0.5) is 10.1 Å². The average molecular weight is 330 g/mol. The SMILES string of the molecule is CC1CCC(Br)C(Cc2ccc([N+](=O)[O-])c(F)c2)C1. The lowest BCUT2D eigenvalue weighted by Gasteiger charge is -2.31. The Morgan fingerprint density at radius 3 is 2.84 bits per heavy atom. The number of hydrogen-bond acceptors (Lipinski definition) is 2. The molecule has 0 aliphatic heterocycles. The van der Waals surface area contributed by atoms with E-state index >= 15 is 0 Å². The predicted octanol–water partition coefficient (Wildman–Crippen LogP) is 4.48. The minimum Gasteiger partial charge on any atom is -0.258 e. The van der Waals surface area contributed by atoms with E-state index in [-0.39, 0.29) is 0 Å². The van der Waals surface area contributed by atoms with E-state index in [4.69, 9.17) is 0 Å². The Hall–Kier alpha value is -0.970. The molecule has 3 atom stereocenters. The Bertz CT molecular complexity index is 481. The number of hydrogen-bond donors (Lipinski definition) is 0. The first-order valence-electron chi connectivity index (χ1n) is 6.54. The van der Waals surface area contributed by atoms with Gasteiger partial charge in [-0.15, -0.1) is 0 Å². The topological polar surface area (TPSA) is 43.1 Å². The van der Waals surface area contributed by atoms with Crippen LogP contribution >= 0.6 is 15.9 Å². The van der Waals surface area contributed by atoms with Crippen LogP contribution in [0.1, 0.15) is 31.7 Å². The van der Waals surface area contributed by atoms with Gasteiger partial charge in [0.1, 0.15) is 0 Å². The van der Waals surface area contributed by atoms with E-state index in [1.165, 1.54) is 18.6 Å². The molecule has 0 heterocycles. The van der Waals surface area contributed by atoms with Gasteiger partial charge in [-0.05, 0) is 49.1 Å². The molecule has 0 N–H and O–H groups in total. The molecule has 0 radical (unpaired) electrons. The van der Waals surface area contributed by atoms with Gasteiger partial charge in [0.05, 0.1) is 4.92 Å². The van der Waals surface area contributed by atoms with Crippen LogP contribution in [0.25, 0.3) is 0 Å². The molecule has 0 amide bonds. The molecule has 1 fully saturated rings. The maximum Gasteiger partial charge on any atom is 0.304 e. The molecular formula is C14H17BrFNO2. The first kappa shape index (κ1) is 14.4. The molecular weight excluding hydrogens is 313 g/mol. The third kappa shape index (κ3) is 3.53. The number of nitro benzene ring substituents is 1. The van der Waals surface area contributed by atoms with Crippen LogP contribution in [-0.4, -0.2) is 9.75 Å². The highest BCUT2D eigenvalue weighted by Crippen LogP contribution is 2.36. The van der Waals surface area contributed by atoms with Gasteiger partial charge < -0.3 is 0 Å². The van der Waals surface area contributed by atoms with Gasteiger partial charge in [0.25, 0.3) is 0 Å². The van der Waals surface area contributed by atoms with Crippen molar-refractivity contribution in [2.45, 2.75) is 37.4 Å². The second-order valence-corrected chi connectivity index (χ2v) is 6.62. The molecule has 0 bridgehead atoms. The van der Waals surface area contributed by atoms with Crippen LogP contribution in [-0.2, 0) is 6.42 Å². The summed E-state index contributed by atoms with van der Waals surface area (Å²) in [5, 5.41) is 10.6. The summed E-state index contributed by atoms with van der Waals surface area (Å²) in [4.78, 5) is 10.4. The van der Waals surface area contributed by atoms with E-state index < -0.39 is 16.4 Å². The molecule has 104 valence electrons. The number of nitro groups is 1. The molecule has 1 aromatic carbocycles. The summed E-state index contributed by atoms with van der Waals surface area (Å²) in [7, 11) is 0. The smallest absolute Gasteiger partial charge is 0.258 e. The van der Waals surface area contributed by atoms with Crippen LogP contribution < -0.4 is 0 Å². The van der Waals surface area contributed by atoms with Gasteiger partial charge in [-0.1, -0.05) is 28.9 Å². The Balaban J connectivity index is 2.10. The number of alkyl halides is 1. The lowest BCUT2D eigenvalue weighted by molar-refractivity contribution is -0.387. The van der Waals surface area contributed by atoms with Crippen molar-refractivity contribution < 1.29 is 9.31 Å². The average Bonchev–Trinajstić information content (AvgIpc) is 2.33. The molecule has 5 heteroatoms. The van der Waals surface area contributed by atoms with Crippen LogP contribution in [0, 0.1) is 27.8 Å². The zero-order chi connectivity index (χ0) is 14.0. The highest BCUT2D eigenvalue weighted by atomic mass is 79.9. The van der Waals surface area contributed by atoms with E-state index in [1.54, 1.807) is 6.07 Å². The summed E-state index contributed by atoms with van der Waals surface area (Å²) >= 11 is 3.69. The Labute approximate surface area is 120 Å².